The summed E-state index contributed by atoms with van der Waals surface area (Å²) in [5.74, 6) is -0.120. The zero-order valence-corrected chi connectivity index (χ0v) is 12.1. The van der Waals surface area contributed by atoms with E-state index in [0.717, 1.165) is 6.26 Å². The molecule has 1 aromatic heterocycles. The minimum absolute atomic E-state index is 0.0610. The number of anilines is 1. The molecular formula is C11H14N4O4S. The smallest absolute Gasteiger partial charge is 0.328 e. The van der Waals surface area contributed by atoms with Crippen LogP contribution >= 0.6 is 0 Å². The van der Waals surface area contributed by atoms with Gasteiger partial charge in [0.25, 0.3) is 0 Å². The fourth-order valence-corrected chi connectivity index (χ4v) is 1.62. The van der Waals surface area contributed by atoms with E-state index in [9.17, 15) is 18.5 Å². The number of nitro groups is 1. The zero-order chi connectivity index (χ0) is 15.6. The van der Waals surface area contributed by atoms with Gasteiger partial charge in [-0.05, 0) is 19.9 Å². The summed E-state index contributed by atoms with van der Waals surface area (Å²) in [6.45, 7) is 2.93. The van der Waals surface area contributed by atoms with Crippen molar-refractivity contribution in [1.29, 1.82) is 5.26 Å². The van der Waals surface area contributed by atoms with Crippen LogP contribution in [0, 0.1) is 21.4 Å². The highest BCUT2D eigenvalue weighted by atomic mass is 32.2. The van der Waals surface area contributed by atoms with Crippen LogP contribution in [0.3, 0.4) is 0 Å². The molecule has 0 unspecified atom stereocenters. The van der Waals surface area contributed by atoms with Crippen molar-refractivity contribution in [2.45, 2.75) is 18.6 Å². The lowest BCUT2D eigenvalue weighted by Gasteiger charge is -2.22. The third-order valence-corrected chi connectivity index (χ3v) is 5.06. The average molecular weight is 298 g/mol. The number of nitrogens with zero attached hydrogens (tertiary/aromatic N) is 3. The third kappa shape index (κ3) is 3.21. The van der Waals surface area contributed by atoms with Gasteiger partial charge in [0.1, 0.15) is 11.6 Å². The van der Waals surface area contributed by atoms with Gasteiger partial charge in [-0.1, -0.05) is 0 Å². The molecule has 0 aliphatic rings. The summed E-state index contributed by atoms with van der Waals surface area (Å²) in [6.07, 6.45) is 2.34. The Morgan fingerprint density at radius 2 is 2.15 bits per heavy atom. The monoisotopic (exact) mass is 298 g/mol. The van der Waals surface area contributed by atoms with Crippen molar-refractivity contribution in [2.24, 2.45) is 0 Å². The Morgan fingerprint density at radius 3 is 2.60 bits per heavy atom. The maximum absolute atomic E-state index is 11.6. The predicted molar refractivity (Wildman–Crippen MR) is 73.0 cm³/mol. The van der Waals surface area contributed by atoms with E-state index in [2.05, 4.69) is 10.3 Å². The van der Waals surface area contributed by atoms with E-state index < -0.39 is 25.2 Å². The van der Waals surface area contributed by atoms with Crippen LogP contribution in [0.15, 0.2) is 12.3 Å². The number of nitriles is 1. The van der Waals surface area contributed by atoms with E-state index in [4.69, 9.17) is 5.26 Å². The molecule has 8 nitrogen and oxygen atoms in total. The fourth-order valence-electron chi connectivity index (χ4n) is 1.29. The second-order valence-electron chi connectivity index (χ2n) is 4.81. The molecule has 1 N–H and O–H groups in total. The highest BCUT2D eigenvalue weighted by molar-refractivity contribution is 7.92. The number of hydrogen-bond donors (Lipinski definition) is 1. The van der Waals surface area contributed by atoms with Gasteiger partial charge < -0.3 is 5.32 Å². The van der Waals surface area contributed by atoms with Gasteiger partial charge in [0.2, 0.25) is 5.82 Å². The van der Waals surface area contributed by atoms with Crippen molar-refractivity contribution < 1.29 is 13.3 Å². The van der Waals surface area contributed by atoms with Crippen molar-refractivity contribution in [1.82, 2.24) is 4.98 Å². The van der Waals surface area contributed by atoms with Gasteiger partial charge in [0, 0.05) is 19.0 Å². The summed E-state index contributed by atoms with van der Waals surface area (Å²) >= 11 is 0. The molecular weight excluding hydrogens is 284 g/mol. The molecule has 0 amide bonds. The first-order chi connectivity index (χ1) is 9.10. The second-order valence-corrected chi connectivity index (χ2v) is 7.46. The van der Waals surface area contributed by atoms with Gasteiger partial charge in [-0.25, -0.2) is 13.4 Å². The van der Waals surface area contributed by atoms with Crippen LogP contribution in [0.25, 0.3) is 0 Å². The second kappa shape index (κ2) is 5.42. The molecule has 20 heavy (non-hydrogen) atoms. The van der Waals surface area contributed by atoms with Crippen LogP contribution in [0.4, 0.5) is 11.5 Å². The van der Waals surface area contributed by atoms with Crippen LogP contribution in [0.2, 0.25) is 0 Å². The molecule has 108 valence electrons. The van der Waals surface area contributed by atoms with Crippen LogP contribution in [0.1, 0.15) is 19.4 Å². The highest BCUT2D eigenvalue weighted by Gasteiger charge is 2.31. The summed E-state index contributed by atoms with van der Waals surface area (Å²) in [6, 6.07) is 2.93. The minimum atomic E-state index is -3.35. The predicted octanol–water partition coefficient (Wildman–Crippen LogP) is 1.10. The number of sulfone groups is 1. The molecule has 0 atom stereocenters. The third-order valence-electron chi connectivity index (χ3n) is 2.91. The maximum Gasteiger partial charge on any atom is 0.328 e. The average Bonchev–Trinajstić information content (AvgIpc) is 2.34. The van der Waals surface area contributed by atoms with Crippen molar-refractivity contribution in [3.8, 4) is 6.07 Å². The van der Waals surface area contributed by atoms with E-state index >= 15 is 0 Å². The summed E-state index contributed by atoms with van der Waals surface area (Å²) in [7, 11) is -3.35. The lowest BCUT2D eigenvalue weighted by molar-refractivity contribution is -0.384. The molecule has 0 bridgehead atoms. The first-order valence-corrected chi connectivity index (χ1v) is 7.46. The van der Waals surface area contributed by atoms with Gasteiger partial charge in [0.05, 0.1) is 9.67 Å². The number of pyridine rings is 1. The number of hydrogen-bond acceptors (Lipinski definition) is 7. The molecule has 0 saturated carbocycles. The molecule has 9 heteroatoms. The summed E-state index contributed by atoms with van der Waals surface area (Å²) < 4.78 is 22.0. The van der Waals surface area contributed by atoms with Crippen molar-refractivity contribution in [3.05, 3.63) is 27.9 Å². The molecule has 0 aromatic carbocycles. The Labute approximate surface area is 116 Å². The molecule has 0 aliphatic heterocycles. The first-order valence-electron chi connectivity index (χ1n) is 5.57. The van der Waals surface area contributed by atoms with E-state index in [1.165, 1.54) is 26.1 Å². The maximum atomic E-state index is 11.6. The minimum Gasteiger partial charge on any atom is -0.363 e. The number of rotatable bonds is 5. The number of aromatic nitrogens is 1. The molecule has 0 radical (unpaired) electrons. The number of nitrogens with one attached hydrogen (secondary N) is 1. The quantitative estimate of drug-likeness (QED) is 0.637. The SMILES string of the molecule is CC(C)(CNc1nccc(C#N)c1[N+](=O)[O-])S(C)(=O)=O. The largest absolute Gasteiger partial charge is 0.363 e. The van der Waals surface area contributed by atoms with Crippen LogP contribution in [-0.4, -0.2) is 35.9 Å². The van der Waals surface area contributed by atoms with E-state index in [1.807, 2.05) is 0 Å². The Morgan fingerprint density at radius 1 is 1.55 bits per heavy atom. The van der Waals surface area contributed by atoms with Crippen molar-refractivity contribution >= 4 is 21.3 Å². The van der Waals surface area contributed by atoms with E-state index in [1.54, 1.807) is 6.07 Å². The zero-order valence-electron chi connectivity index (χ0n) is 11.2. The molecule has 1 heterocycles. The summed E-state index contributed by atoms with van der Waals surface area (Å²) in [5, 5.41) is 22.5. The standard InChI is InChI=1S/C11H14N4O4S/c1-11(2,20(3,18)19)7-14-10-9(15(16)17)8(6-12)4-5-13-10/h4-5H,7H2,1-3H3,(H,13,14). The lowest BCUT2D eigenvalue weighted by atomic mass is 10.2. The van der Waals surface area contributed by atoms with Gasteiger partial charge in [-0.3, -0.25) is 10.1 Å². The molecule has 0 spiro atoms. The topological polar surface area (TPSA) is 126 Å². The Kier molecular flexibility index (Phi) is 4.29. The van der Waals surface area contributed by atoms with Gasteiger partial charge >= 0.3 is 5.69 Å². The normalized spacial score (nSPS) is 11.7. The van der Waals surface area contributed by atoms with E-state index in [-0.39, 0.29) is 17.9 Å². The van der Waals surface area contributed by atoms with Crippen LogP contribution < -0.4 is 5.32 Å². The summed E-state index contributed by atoms with van der Waals surface area (Å²) in [5.41, 5.74) is -0.594. The summed E-state index contributed by atoms with van der Waals surface area (Å²) in [4.78, 5) is 14.1. The van der Waals surface area contributed by atoms with E-state index in [0.29, 0.717) is 0 Å². The molecule has 1 aromatic rings. The van der Waals surface area contributed by atoms with Crippen LogP contribution in [0.5, 0.6) is 0 Å². The Balaban J connectivity index is 3.13. The molecule has 0 fully saturated rings. The van der Waals surface area contributed by atoms with Gasteiger partial charge in [-0.2, -0.15) is 5.26 Å². The van der Waals surface area contributed by atoms with Crippen molar-refractivity contribution in [3.63, 3.8) is 0 Å². The molecule has 0 saturated heterocycles. The van der Waals surface area contributed by atoms with Crippen LogP contribution in [-0.2, 0) is 9.84 Å². The Bertz CT molecular complexity index is 676. The van der Waals surface area contributed by atoms with Crippen molar-refractivity contribution in [2.75, 3.05) is 18.1 Å². The van der Waals surface area contributed by atoms with Gasteiger partial charge in [0.15, 0.2) is 9.84 Å². The Hall–Kier alpha value is -2.21. The molecule has 0 aliphatic carbocycles. The fraction of sp³-hybridized carbons (Fsp3) is 0.455. The highest BCUT2D eigenvalue weighted by Crippen LogP contribution is 2.26. The first kappa shape index (κ1) is 15.8. The molecule has 1 rings (SSSR count). The van der Waals surface area contributed by atoms with Gasteiger partial charge in [-0.15, -0.1) is 0 Å². The lowest BCUT2D eigenvalue weighted by Crippen LogP contribution is -2.38.